The maximum absolute atomic E-state index is 12.7. The summed E-state index contributed by atoms with van der Waals surface area (Å²) in [5, 5.41) is 6.02. The van der Waals surface area contributed by atoms with Crippen LogP contribution in [-0.4, -0.2) is 22.1 Å². The molecule has 0 aliphatic carbocycles. The first kappa shape index (κ1) is 16.0. The fourth-order valence-electron chi connectivity index (χ4n) is 3.08. The van der Waals surface area contributed by atoms with E-state index in [1.165, 1.54) is 0 Å². The molecule has 128 valence electrons. The molecule has 0 aliphatic heterocycles. The lowest BCUT2D eigenvalue weighted by molar-refractivity contribution is 0.0956. The average Bonchev–Trinajstić information content (AvgIpc) is 3.04. The molecule has 0 radical (unpaired) electrons. The predicted molar refractivity (Wildman–Crippen MR) is 105 cm³/mol. The molecular weight excluding hydrogens is 324 g/mol. The van der Waals surface area contributed by atoms with Crippen LogP contribution in [0.25, 0.3) is 21.8 Å². The summed E-state index contributed by atoms with van der Waals surface area (Å²) >= 11 is 0. The van der Waals surface area contributed by atoms with Crippen LogP contribution < -0.4 is 5.43 Å². The first-order chi connectivity index (χ1) is 12.6. The van der Waals surface area contributed by atoms with Gasteiger partial charge in [0.1, 0.15) is 0 Å². The molecule has 2 heterocycles. The zero-order chi connectivity index (χ0) is 18.1. The van der Waals surface area contributed by atoms with E-state index in [9.17, 15) is 4.79 Å². The van der Waals surface area contributed by atoms with Gasteiger partial charge < -0.3 is 4.98 Å². The van der Waals surface area contributed by atoms with Gasteiger partial charge in [-0.2, -0.15) is 5.10 Å². The van der Waals surface area contributed by atoms with Crippen molar-refractivity contribution < 1.29 is 4.79 Å². The minimum absolute atomic E-state index is 0.248. The van der Waals surface area contributed by atoms with Crippen LogP contribution in [0, 0.1) is 13.8 Å². The molecule has 4 aromatic rings. The largest absolute Gasteiger partial charge is 0.361 e. The molecule has 0 aliphatic rings. The smallest absolute Gasteiger partial charge is 0.272 e. The molecule has 0 atom stereocenters. The number of hydrogen-bond acceptors (Lipinski definition) is 3. The highest BCUT2D eigenvalue weighted by Crippen LogP contribution is 2.20. The van der Waals surface area contributed by atoms with Crippen molar-refractivity contribution in [1.29, 1.82) is 0 Å². The molecule has 0 spiro atoms. The van der Waals surface area contributed by atoms with Crippen LogP contribution in [0.2, 0.25) is 0 Å². The topological polar surface area (TPSA) is 70.1 Å². The van der Waals surface area contributed by atoms with Gasteiger partial charge in [-0.15, -0.1) is 0 Å². The summed E-state index contributed by atoms with van der Waals surface area (Å²) in [5.41, 5.74) is 7.85. The summed E-state index contributed by atoms with van der Waals surface area (Å²) in [7, 11) is 0. The number of carbonyl (C=O) groups excluding carboxylic acids is 1. The maximum atomic E-state index is 12.7. The van der Waals surface area contributed by atoms with Gasteiger partial charge in [0.25, 0.3) is 5.91 Å². The van der Waals surface area contributed by atoms with Gasteiger partial charge in [-0.25, -0.2) is 5.43 Å². The highest BCUT2D eigenvalue weighted by atomic mass is 16.2. The van der Waals surface area contributed by atoms with Crippen molar-refractivity contribution in [2.45, 2.75) is 13.8 Å². The number of aryl methyl sites for hydroxylation is 2. The van der Waals surface area contributed by atoms with Gasteiger partial charge in [-0.1, -0.05) is 29.8 Å². The van der Waals surface area contributed by atoms with Crippen molar-refractivity contribution in [2.24, 2.45) is 5.10 Å². The lowest BCUT2D eigenvalue weighted by Crippen LogP contribution is -2.18. The van der Waals surface area contributed by atoms with E-state index in [4.69, 9.17) is 0 Å². The fraction of sp³-hybridized carbons (Fsp3) is 0.0952. The van der Waals surface area contributed by atoms with Crippen molar-refractivity contribution in [3.05, 3.63) is 77.1 Å². The summed E-state index contributed by atoms with van der Waals surface area (Å²) in [6.07, 6.45) is 3.52. The van der Waals surface area contributed by atoms with Crippen LogP contribution in [0.5, 0.6) is 0 Å². The van der Waals surface area contributed by atoms with Crippen LogP contribution >= 0.6 is 0 Å². The van der Waals surface area contributed by atoms with Crippen LogP contribution in [0.4, 0.5) is 0 Å². The normalized spacial score (nSPS) is 11.5. The molecule has 5 heteroatoms. The Morgan fingerprint density at radius 3 is 2.85 bits per heavy atom. The van der Waals surface area contributed by atoms with Crippen molar-refractivity contribution in [3.8, 4) is 0 Å². The number of nitrogens with zero attached hydrogens (tertiary/aromatic N) is 2. The summed E-state index contributed by atoms with van der Waals surface area (Å²) in [6, 6.07) is 15.6. The molecule has 2 N–H and O–H groups in total. The number of amides is 1. The first-order valence-corrected chi connectivity index (χ1v) is 8.39. The molecule has 0 unspecified atom stereocenters. The number of aromatic amines is 1. The zero-order valence-electron chi connectivity index (χ0n) is 14.6. The Bertz CT molecular complexity index is 1160. The Kier molecular flexibility index (Phi) is 3.97. The maximum Gasteiger partial charge on any atom is 0.272 e. The molecule has 1 amide bonds. The minimum Gasteiger partial charge on any atom is -0.361 e. The number of fused-ring (bicyclic) bond motifs is 2. The fourth-order valence-corrected chi connectivity index (χ4v) is 3.08. The molecule has 0 saturated carbocycles. The third-order valence-electron chi connectivity index (χ3n) is 4.33. The second-order valence-electron chi connectivity index (χ2n) is 6.32. The van der Waals surface area contributed by atoms with E-state index < -0.39 is 0 Å². The van der Waals surface area contributed by atoms with Crippen molar-refractivity contribution in [1.82, 2.24) is 15.4 Å². The number of benzene rings is 2. The number of rotatable bonds is 3. The number of hydrogen-bond donors (Lipinski definition) is 2. The van der Waals surface area contributed by atoms with Crippen molar-refractivity contribution in [3.63, 3.8) is 0 Å². The Balaban J connectivity index is 1.62. The van der Waals surface area contributed by atoms with Crippen LogP contribution in [0.3, 0.4) is 0 Å². The quantitative estimate of drug-likeness (QED) is 0.435. The van der Waals surface area contributed by atoms with E-state index in [1.54, 1.807) is 12.3 Å². The average molecular weight is 342 g/mol. The molecule has 0 saturated heterocycles. The van der Waals surface area contributed by atoms with Crippen LogP contribution in [0.1, 0.15) is 27.2 Å². The predicted octanol–water partition coefficient (Wildman–Crippen LogP) is 4.10. The van der Waals surface area contributed by atoms with Crippen molar-refractivity contribution in [2.75, 3.05) is 0 Å². The standard InChI is InChI=1S/C21H18N4O/c1-13-7-8-20-17(9-13)18(10-14(2)24-20)21(26)25-23-12-15-11-22-19-6-4-3-5-16(15)19/h3-12,22H,1-2H3,(H,25,26). The molecular formula is C21H18N4O. The lowest BCUT2D eigenvalue weighted by Gasteiger charge is -2.07. The van der Waals surface area contributed by atoms with E-state index in [0.29, 0.717) is 5.56 Å². The molecule has 2 aromatic heterocycles. The third kappa shape index (κ3) is 2.95. The Morgan fingerprint density at radius 1 is 1.12 bits per heavy atom. The highest BCUT2D eigenvalue weighted by Gasteiger charge is 2.11. The van der Waals surface area contributed by atoms with Crippen molar-refractivity contribution >= 4 is 33.9 Å². The minimum atomic E-state index is -0.248. The number of carbonyl (C=O) groups is 1. The summed E-state index contributed by atoms with van der Waals surface area (Å²) < 4.78 is 0. The highest BCUT2D eigenvalue weighted by molar-refractivity contribution is 6.07. The van der Waals surface area contributed by atoms with Gasteiger partial charge in [0.05, 0.1) is 17.3 Å². The van der Waals surface area contributed by atoms with Gasteiger partial charge in [-0.05, 0) is 38.1 Å². The first-order valence-electron chi connectivity index (χ1n) is 8.39. The SMILES string of the molecule is Cc1ccc2nc(C)cc(C(=O)NN=Cc3c[nH]c4ccccc34)c2c1. The van der Waals surface area contributed by atoms with Gasteiger partial charge in [-0.3, -0.25) is 9.78 Å². The Labute approximate surface area is 150 Å². The number of aromatic nitrogens is 2. The number of H-pyrrole nitrogens is 1. The van der Waals surface area contributed by atoms with E-state index in [0.717, 1.165) is 38.6 Å². The van der Waals surface area contributed by atoms with Gasteiger partial charge >= 0.3 is 0 Å². The number of pyridine rings is 1. The van der Waals surface area contributed by atoms with Gasteiger partial charge in [0.2, 0.25) is 0 Å². The number of para-hydroxylation sites is 1. The number of nitrogens with one attached hydrogen (secondary N) is 2. The molecule has 0 bridgehead atoms. The van der Waals surface area contributed by atoms with Gasteiger partial charge in [0.15, 0.2) is 0 Å². The lowest BCUT2D eigenvalue weighted by atomic mass is 10.1. The summed E-state index contributed by atoms with van der Waals surface area (Å²) in [4.78, 5) is 20.3. The molecule has 2 aromatic carbocycles. The Hall–Kier alpha value is -3.47. The molecule has 0 fully saturated rings. The third-order valence-corrected chi connectivity index (χ3v) is 4.33. The van der Waals surface area contributed by atoms with Crippen LogP contribution in [0.15, 0.2) is 59.8 Å². The Morgan fingerprint density at radius 2 is 1.96 bits per heavy atom. The summed E-state index contributed by atoms with van der Waals surface area (Å²) in [6.45, 7) is 3.88. The van der Waals surface area contributed by atoms with E-state index in [1.807, 2.05) is 62.5 Å². The van der Waals surface area contributed by atoms with E-state index in [-0.39, 0.29) is 5.91 Å². The monoisotopic (exact) mass is 342 g/mol. The van der Waals surface area contributed by atoms with E-state index >= 15 is 0 Å². The summed E-state index contributed by atoms with van der Waals surface area (Å²) in [5.74, 6) is -0.248. The second kappa shape index (κ2) is 6.44. The van der Waals surface area contributed by atoms with Crippen LogP contribution in [-0.2, 0) is 0 Å². The van der Waals surface area contributed by atoms with Gasteiger partial charge in [0, 0.05) is 33.7 Å². The molecule has 26 heavy (non-hydrogen) atoms. The second-order valence-corrected chi connectivity index (χ2v) is 6.32. The van der Waals surface area contributed by atoms with E-state index in [2.05, 4.69) is 20.5 Å². The zero-order valence-corrected chi connectivity index (χ0v) is 14.6. The molecule has 5 nitrogen and oxygen atoms in total. The molecule has 4 rings (SSSR count). The number of hydrazone groups is 1.